The average molecular weight is 375 g/mol. The normalized spacial score (nSPS) is 10.3. The quantitative estimate of drug-likeness (QED) is 0.577. The van der Waals surface area contributed by atoms with Crippen molar-refractivity contribution >= 4 is 11.7 Å². The van der Waals surface area contributed by atoms with E-state index >= 15 is 0 Å². The number of methoxy groups -OCH3 is 1. The van der Waals surface area contributed by atoms with Crippen LogP contribution in [0.2, 0.25) is 0 Å². The van der Waals surface area contributed by atoms with Gasteiger partial charge in [0.15, 0.2) is 0 Å². The molecule has 0 bridgehead atoms. The minimum Gasteiger partial charge on any atom is -0.497 e. The molecule has 28 heavy (non-hydrogen) atoms. The van der Waals surface area contributed by atoms with E-state index in [1.54, 1.807) is 18.1 Å². The largest absolute Gasteiger partial charge is 0.497 e. The monoisotopic (exact) mass is 375 g/mol. The molecule has 1 heterocycles. The van der Waals surface area contributed by atoms with Crippen molar-refractivity contribution in [3.63, 3.8) is 0 Å². The minimum absolute atomic E-state index is 0.153. The maximum Gasteiger partial charge on any atom is 0.322 e. The second-order valence-corrected chi connectivity index (χ2v) is 6.44. The van der Waals surface area contributed by atoms with Gasteiger partial charge in [0.2, 0.25) is 0 Å². The van der Waals surface area contributed by atoms with Gasteiger partial charge in [-0.1, -0.05) is 36.4 Å². The number of anilines is 1. The maximum absolute atomic E-state index is 12.7. The van der Waals surface area contributed by atoms with Gasteiger partial charge in [0, 0.05) is 30.7 Å². The Kier molecular flexibility index (Phi) is 6.52. The van der Waals surface area contributed by atoms with Crippen molar-refractivity contribution < 1.29 is 9.53 Å². The molecule has 0 aliphatic rings. The molecule has 0 unspecified atom stereocenters. The molecule has 5 heteroatoms. The molecule has 144 valence electrons. The van der Waals surface area contributed by atoms with Crippen LogP contribution in [-0.4, -0.2) is 29.2 Å². The van der Waals surface area contributed by atoms with Gasteiger partial charge in [0.05, 0.1) is 13.7 Å². The van der Waals surface area contributed by atoms with E-state index in [1.807, 2.05) is 66.9 Å². The summed E-state index contributed by atoms with van der Waals surface area (Å²) in [4.78, 5) is 14.5. The van der Waals surface area contributed by atoms with E-state index in [1.165, 1.54) is 0 Å². The van der Waals surface area contributed by atoms with Gasteiger partial charge in [-0.15, -0.1) is 6.58 Å². The first-order chi connectivity index (χ1) is 13.7. The van der Waals surface area contributed by atoms with Crippen LogP contribution in [0.3, 0.4) is 0 Å². The van der Waals surface area contributed by atoms with Crippen LogP contribution >= 0.6 is 0 Å². The lowest BCUT2D eigenvalue weighted by Crippen LogP contribution is -2.35. The van der Waals surface area contributed by atoms with Gasteiger partial charge in [-0.3, -0.25) is 0 Å². The fourth-order valence-corrected chi connectivity index (χ4v) is 3.01. The van der Waals surface area contributed by atoms with Crippen molar-refractivity contribution in [1.82, 2.24) is 9.47 Å². The molecule has 1 N–H and O–H groups in total. The lowest BCUT2D eigenvalue weighted by molar-refractivity contribution is 0.214. The van der Waals surface area contributed by atoms with Gasteiger partial charge in [0.25, 0.3) is 0 Å². The van der Waals surface area contributed by atoms with Crippen LogP contribution in [0.25, 0.3) is 0 Å². The standard InChI is InChI=1S/C23H25N3O2/c1-3-14-26(23(27)24-20-10-5-4-6-11-20)18-21-12-8-15-25(21)17-19-9-7-13-22(16-19)28-2/h3-13,15-16H,1,14,17-18H2,2H3,(H,24,27). The highest BCUT2D eigenvalue weighted by Crippen LogP contribution is 2.16. The van der Waals surface area contributed by atoms with Crippen LogP contribution < -0.4 is 10.1 Å². The lowest BCUT2D eigenvalue weighted by Gasteiger charge is -2.23. The van der Waals surface area contributed by atoms with Crippen molar-refractivity contribution in [1.29, 1.82) is 0 Å². The van der Waals surface area contributed by atoms with Gasteiger partial charge < -0.3 is 19.5 Å². The number of amides is 2. The van der Waals surface area contributed by atoms with Crippen molar-refractivity contribution in [3.05, 3.63) is 96.8 Å². The van der Waals surface area contributed by atoms with Gasteiger partial charge in [0.1, 0.15) is 5.75 Å². The molecule has 2 amide bonds. The molecule has 0 spiro atoms. The van der Waals surface area contributed by atoms with Crippen molar-refractivity contribution in [3.8, 4) is 5.75 Å². The third-order valence-electron chi connectivity index (χ3n) is 4.43. The third-order valence-corrected chi connectivity index (χ3v) is 4.43. The van der Waals surface area contributed by atoms with Crippen LogP contribution in [0.1, 0.15) is 11.3 Å². The van der Waals surface area contributed by atoms with Gasteiger partial charge in [-0.05, 0) is 42.0 Å². The molecule has 0 saturated carbocycles. The number of nitrogens with zero attached hydrogens (tertiary/aromatic N) is 2. The highest BCUT2D eigenvalue weighted by molar-refractivity contribution is 5.89. The number of carbonyl (C=O) groups excluding carboxylic acids is 1. The van der Waals surface area contributed by atoms with Crippen LogP contribution in [0.5, 0.6) is 5.75 Å². The Balaban J connectivity index is 1.72. The van der Waals surface area contributed by atoms with E-state index in [9.17, 15) is 4.79 Å². The van der Waals surface area contributed by atoms with E-state index in [2.05, 4.69) is 22.5 Å². The number of ether oxygens (including phenoxy) is 1. The van der Waals surface area contributed by atoms with Crippen LogP contribution in [0.4, 0.5) is 10.5 Å². The zero-order valence-electron chi connectivity index (χ0n) is 16.0. The molecule has 2 aromatic carbocycles. The first-order valence-corrected chi connectivity index (χ1v) is 9.18. The summed E-state index contributed by atoms with van der Waals surface area (Å²) in [6.45, 7) is 5.45. The molecule has 0 radical (unpaired) electrons. The van der Waals surface area contributed by atoms with E-state index in [0.717, 1.165) is 22.7 Å². The summed E-state index contributed by atoms with van der Waals surface area (Å²) in [5.41, 5.74) is 2.96. The van der Waals surface area contributed by atoms with Crippen molar-refractivity contribution in [2.45, 2.75) is 13.1 Å². The summed E-state index contributed by atoms with van der Waals surface area (Å²) in [5.74, 6) is 0.835. The molecule has 3 rings (SSSR count). The van der Waals surface area contributed by atoms with Crippen molar-refractivity contribution in [2.24, 2.45) is 0 Å². The molecule has 0 saturated heterocycles. The molecule has 0 aliphatic heterocycles. The van der Waals surface area contributed by atoms with Gasteiger partial charge in [-0.25, -0.2) is 4.79 Å². The highest BCUT2D eigenvalue weighted by atomic mass is 16.5. The van der Waals surface area contributed by atoms with E-state index in [-0.39, 0.29) is 6.03 Å². The average Bonchev–Trinajstić information content (AvgIpc) is 3.15. The Bertz CT molecular complexity index is 918. The zero-order valence-corrected chi connectivity index (χ0v) is 16.0. The number of nitrogens with one attached hydrogen (secondary N) is 1. The fourth-order valence-electron chi connectivity index (χ4n) is 3.01. The molecule has 0 fully saturated rings. The Morgan fingerprint density at radius 1 is 1.14 bits per heavy atom. The second-order valence-electron chi connectivity index (χ2n) is 6.44. The fraction of sp³-hybridized carbons (Fsp3) is 0.174. The molecule has 3 aromatic rings. The van der Waals surface area contributed by atoms with E-state index in [0.29, 0.717) is 19.6 Å². The van der Waals surface area contributed by atoms with Gasteiger partial charge in [-0.2, -0.15) is 0 Å². The number of hydrogen-bond donors (Lipinski definition) is 1. The Hall–Kier alpha value is -3.47. The molecule has 0 atom stereocenters. The summed E-state index contributed by atoms with van der Waals surface area (Å²) in [6, 6.07) is 21.3. The van der Waals surface area contributed by atoms with Crippen molar-refractivity contribution in [2.75, 3.05) is 19.0 Å². The summed E-state index contributed by atoms with van der Waals surface area (Å²) in [5, 5.41) is 2.94. The summed E-state index contributed by atoms with van der Waals surface area (Å²) >= 11 is 0. The Morgan fingerprint density at radius 2 is 1.96 bits per heavy atom. The van der Waals surface area contributed by atoms with Crippen LogP contribution in [0.15, 0.2) is 85.6 Å². The number of aromatic nitrogens is 1. The summed E-state index contributed by atoms with van der Waals surface area (Å²) < 4.78 is 7.45. The smallest absolute Gasteiger partial charge is 0.322 e. The second kappa shape index (κ2) is 9.46. The Morgan fingerprint density at radius 3 is 2.71 bits per heavy atom. The topological polar surface area (TPSA) is 46.5 Å². The molecule has 0 aliphatic carbocycles. The maximum atomic E-state index is 12.7. The predicted octanol–water partition coefficient (Wildman–Crippen LogP) is 4.77. The summed E-state index contributed by atoms with van der Waals surface area (Å²) in [7, 11) is 1.67. The number of benzene rings is 2. The lowest BCUT2D eigenvalue weighted by atomic mass is 10.2. The molecular weight excluding hydrogens is 350 g/mol. The number of rotatable bonds is 8. The molecule has 1 aromatic heterocycles. The Labute approximate surface area is 165 Å². The number of hydrogen-bond acceptors (Lipinski definition) is 2. The molecule has 5 nitrogen and oxygen atoms in total. The van der Waals surface area contributed by atoms with E-state index in [4.69, 9.17) is 4.74 Å². The van der Waals surface area contributed by atoms with Crippen LogP contribution in [-0.2, 0) is 13.1 Å². The van der Waals surface area contributed by atoms with Crippen LogP contribution in [0, 0.1) is 0 Å². The predicted molar refractivity (Wildman–Crippen MR) is 113 cm³/mol. The summed E-state index contributed by atoms with van der Waals surface area (Å²) in [6.07, 6.45) is 3.76. The number of urea groups is 1. The third kappa shape index (κ3) is 5.04. The molecular formula is C23H25N3O2. The zero-order chi connectivity index (χ0) is 19.8. The number of carbonyl (C=O) groups is 1. The first-order valence-electron chi connectivity index (χ1n) is 9.18. The number of para-hydroxylation sites is 1. The van der Waals surface area contributed by atoms with E-state index < -0.39 is 0 Å². The SMILES string of the molecule is C=CCN(Cc1cccn1Cc1cccc(OC)c1)C(=O)Nc1ccccc1. The first kappa shape index (κ1) is 19.3. The van der Waals surface area contributed by atoms with Gasteiger partial charge >= 0.3 is 6.03 Å². The highest BCUT2D eigenvalue weighted by Gasteiger charge is 2.15. The minimum atomic E-state index is -0.153.